The predicted molar refractivity (Wildman–Crippen MR) is 236 cm³/mol. The minimum Gasteiger partial charge on any atom is -0.462 e. The second kappa shape index (κ2) is 20.5. The van der Waals surface area contributed by atoms with Crippen molar-refractivity contribution >= 4 is 5.97 Å². The first-order valence-electron chi connectivity index (χ1n) is 23.5. The molecule has 15 heteroatoms. The SMILES string of the molecule is C=C1C(O)C[C@@H]2C[C@@H](C[C@]3(C=C[C@H](C)[C@@H]([C@@H](C)CC)O3)O2)OC(=O)[C@@H]2C=C(C)[C@@H](O)[C@H]3OCC(=C/C=C\[C@H](C)[C@@H]1O[C@H]1C[C@H](OC)[C@@H](O[C@H]4C[C@H](OC)[C@@H](NC)[C@H](C)O4)[C@H](C)O1)[C@]32O. The van der Waals surface area contributed by atoms with Crippen LogP contribution in [0.5, 0.6) is 0 Å². The molecular weight excluding hydrogens is 827 g/mol. The third-order valence-corrected chi connectivity index (χ3v) is 15.0. The second-order valence-corrected chi connectivity index (χ2v) is 19.4. The Kier molecular flexibility index (Phi) is 15.9. The highest BCUT2D eigenvalue weighted by molar-refractivity contribution is 5.78. The lowest BCUT2D eigenvalue weighted by molar-refractivity contribution is -0.312. The Hall–Kier alpha value is -2.35. The normalized spacial score (nSPS) is 47.6. The molecule has 0 aromatic rings. The van der Waals surface area contributed by atoms with Crippen molar-refractivity contribution in [2.24, 2.45) is 23.7 Å². The van der Waals surface area contributed by atoms with Crippen molar-refractivity contribution in [3.63, 3.8) is 0 Å². The highest BCUT2D eigenvalue weighted by Crippen LogP contribution is 2.47. The van der Waals surface area contributed by atoms with E-state index in [1.165, 1.54) is 0 Å². The maximum absolute atomic E-state index is 14.4. The number of carbonyl (C=O) groups is 1. The fraction of sp³-hybridized carbons (Fsp3) is 0.776. The summed E-state index contributed by atoms with van der Waals surface area (Å²) in [4.78, 5) is 14.4. The molecule has 0 radical (unpaired) electrons. The number of fused-ring (bicyclic) bond motifs is 2. The van der Waals surface area contributed by atoms with Crippen molar-refractivity contribution in [1.29, 1.82) is 0 Å². The summed E-state index contributed by atoms with van der Waals surface area (Å²) in [5, 5.41) is 39.2. The Morgan fingerprint density at radius 1 is 0.938 bits per heavy atom. The summed E-state index contributed by atoms with van der Waals surface area (Å²) in [7, 11) is 5.22. The lowest BCUT2D eigenvalue weighted by atomic mass is 9.71. The third kappa shape index (κ3) is 9.94. The van der Waals surface area contributed by atoms with Crippen molar-refractivity contribution in [2.75, 3.05) is 27.9 Å². The number of aliphatic hydroxyl groups excluding tert-OH is 2. The standard InChI is InChI=1S/C49H75NO14/c1-12-25(2)43-27(4)16-17-48(64-43)23-34-19-33(63-48)20-36(51)29(6)44(26(3)14-13-15-32-24-57-46-42(52)28(5)18-35(47(53)60-34)49(32,46)54)61-40-22-38(56-11)45(31(8)59-40)62-39-21-37(55-10)41(50-9)30(7)58-39/h13-18,25-27,30-31,33-46,50-52,54H,6,12,19-24H2,1-5,7-11H3/b14-13-,32-15?/t25-,26-,27-,30-,31-,33-,34-,35-,36?,37-,38-,39-,40-,41-,42+,43+,44-,45-,46+,48+,49+/m0/s1. The number of rotatable bonds is 9. The number of ether oxygens (including phenoxy) is 10. The van der Waals surface area contributed by atoms with Gasteiger partial charge in [0.05, 0.1) is 61.5 Å². The Balaban J connectivity index is 1.18. The molecule has 7 rings (SSSR count). The molecule has 1 unspecified atom stereocenters. The summed E-state index contributed by atoms with van der Waals surface area (Å²) in [5.41, 5.74) is -0.532. The Labute approximate surface area is 379 Å². The lowest BCUT2D eigenvalue weighted by Gasteiger charge is -2.48. The van der Waals surface area contributed by atoms with E-state index in [0.29, 0.717) is 29.6 Å². The first-order valence-corrected chi connectivity index (χ1v) is 23.5. The summed E-state index contributed by atoms with van der Waals surface area (Å²) in [6.07, 6.45) is 4.86. The third-order valence-electron chi connectivity index (χ3n) is 15.0. The van der Waals surface area contributed by atoms with Crippen LogP contribution < -0.4 is 5.32 Å². The van der Waals surface area contributed by atoms with Crippen LogP contribution in [0.3, 0.4) is 0 Å². The molecule has 0 saturated carbocycles. The maximum Gasteiger partial charge on any atom is 0.316 e. The minimum absolute atomic E-state index is 0.00801. The van der Waals surface area contributed by atoms with Crippen LogP contribution in [0.4, 0.5) is 0 Å². The van der Waals surface area contributed by atoms with E-state index in [-0.39, 0.29) is 68.0 Å². The molecular formula is C49H75NO14. The van der Waals surface area contributed by atoms with Gasteiger partial charge in [0.15, 0.2) is 18.4 Å². The van der Waals surface area contributed by atoms with Crippen molar-refractivity contribution in [1.82, 2.24) is 5.32 Å². The smallest absolute Gasteiger partial charge is 0.316 e. The Bertz CT molecular complexity index is 1770. The number of aliphatic hydroxyl groups is 3. The molecule has 21 atom stereocenters. The van der Waals surface area contributed by atoms with Gasteiger partial charge in [-0.25, -0.2) is 0 Å². The molecule has 64 heavy (non-hydrogen) atoms. The number of allylic oxidation sites excluding steroid dienone is 2. The fourth-order valence-corrected chi connectivity index (χ4v) is 11.1. The zero-order valence-electron chi connectivity index (χ0n) is 39.4. The van der Waals surface area contributed by atoms with Gasteiger partial charge < -0.3 is 68.0 Å². The van der Waals surface area contributed by atoms with Gasteiger partial charge in [-0.2, -0.15) is 0 Å². The molecule has 4 saturated heterocycles. The van der Waals surface area contributed by atoms with Crippen LogP contribution in [0.2, 0.25) is 0 Å². The van der Waals surface area contributed by atoms with E-state index in [2.05, 4.69) is 38.7 Å². The first kappa shape index (κ1) is 49.6. The van der Waals surface area contributed by atoms with E-state index >= 15 is 0 Å². The lowest BCUT2D eigenvalue weighted by Crippen LogP contribution is -2.58. The van der Waals surface area contributed by atoms with E-state index in [0.717, 1.165) is 6.42 Å². The van der Waals surface area contributed by atoms with E-state index in [9.17, 15) is 20.1 Å². The van der Waals surface area contributed by atoms with Crippen LogP contribution in [-0.2, 0) is 52.2 Å². The number of esters is 1. The molecule has 4 fully saturated rings. The van der Waals surface area contributed by atoms with Crippen LogP contribution in [0.25, 0.3) is 0 Å². The number of methoxy groups -OCH3 is 2. The monoisotopic (exact) mass is 902 g/mol. The van der Waals surface area contributed by atoms with Crippen LogP contribution in [0.1, 0.15) is 87.0 Å². The molecule has 0 aromatic heterocycles. The van der Waals surface area contributed by atoms with Gasteiger partial charge in [-0.05, 0) is 56.5 Å². The van der Waals surface area contributed by atoms with E-state index < -0.39 is 90.8 Å². The number of hydrogen-bond donors (Lipinski definition) is 4. The topological polar surface area (TPSA) is 182 Å². The van der Waals surface area contributed by atoms with Gasteiger partial charge in [0.25, 0.3) is 0 Å². The zero-order chi connectivity index (χ0) is 46.2. The number of nitrogens with one attached hydrogen (secondary N) is 1. The van der Waals surface area contributed by atoms with E-state index in [1.54, 1.807) is 39.4 Å². The van der Waals surface area contributed by atoms with Gasteiger partial charge in [-0.3, -0.25) is 4.79 Å². The van der Waals surface area contributed by atoms with Crippen molar-refractivity contribution in [3.8, 4) is 0 Å². The van der Waals surface area contributed by atoms with Crippen LogP contribution in [-0.4, -0.2) is 152 Å². The summed E-state index contributed by atoms with van der Waals surface area (Å²) >= 11 is 0. The molecule has 0 amide bonds. The molecule has 1 aliphatic carbocycles. The molecule has 6 heterocycles. The minimum atomic E-state index is -1.88. The molecule has 1 spiro atoms. The van der Waals surface area contributed by atoms with E-state index in [1.807, 2.05) is 40.0 Å². The fourth-order valence-electron chi connectivity index (χ4n) is 11.1. The largest absolute Gasteiger partial charge is 0.462 e. The first-order chi connectivity index (χ1) is 30.4. The van der Waals surface area contributed by atoms with Gasteiger partial charge in [0.2, 0.25) is 0 Å². The molecule has 4 N–H and O–H groups in total. The van der Waals surface area contributed by atoms with Crippen LogP contribution in [0.15, 0.2) is 59.8 Å². The van der Waals surface area contributed by atoms with Gasteiger partial charge in [-0.1, -0.05) is 71.1 Å². The predicted octanol–water partition coefficient (Wildman–Crippen LogP) is 4.58. The van der Waals surface area contributed by atoms with Crippen LogP contribution in [0, 0.1) is 23.7 Å². The average molecular weight is 902 g/mol. The zero-order valence-corrected chi connectivity index (χ0v) is 39.4. The Morgan fingerprint density at radius 3 is 2.34 bits per heavy atom. The summed E-state index contributed by atoms with van der Waals surface area (Å²) in [5.74, 6) is -3.08. The van der Waals surface area contributed by atoms with Gasteiger partial charge >= 0.3 is 5.97 Å². The maximum atomic E-state index is 14.4. The molecule has 6 aliphatic heterocycles. The molecule has 15 nitrogen and oxygen atoms in total. The van der Waals surface area contributed by atoms with Crippen LogP contribution >= 0.6 is 0 Å². The van der Waals surface area contributed by atoms with Gasteiger partial charge in [0, 0.05) is 58.2 Å². The number of hydrogen-bond acceptors (Lipinski definition) is 15. The molecule has 360 valence electrons. The highest BCUT2D eigenvalue weighted by atomic mass is 16.7. The average Bonchev–Trinajstić information content (AvgIpc) is 3.60. The number of likely N-dealkylation sites (N-methyl/N-ethyl adjacent to an activating group) is 1. The molecule has 7 aliphatic rings. The highest BCUT2D eigenvalue weighted by Gasteiger charge is 2.60. The summed E-state index contributed by atoms with van der Waals surface area (Å²) in [6, 6.07) is 0.0184. The summed E-state index contributed by atoms with van der Waals surface area (Å²) in [6.45, 7) is 18.4. The quantitative estimate of drug-likeness (QED) is 0.187. The van der Waals surface area contributed by atoms with E-state index in [4.69, 9.17) is 47.4 Å². The van der Waals surface area contributed by atoms with Crippen molar-refractivity contribution < 1.29 is 67.5 Å². The van der Waals surface area contributed by atoms with Gasteiger partial charge in [0.1, 0.15) is 35.9 Å². The summed E-state index contributed by atoms with van der Waals surface area (Å²) < 4.78 is 64.1. The number of carbonyl (C=O) groups excluding carboxylic acids is 1. The van der Waals surface area contributed by atoms with Crippen molar-refractivity contribution in [3.05, 3.63) is 59.8 Å². The second-order valence-electron chi connectivity index (χ2n) is 19.4. The molecule has 0 aromatic carbocycles. The van der Waals surface area contributed by atoms with Gasteiger partial charge in [-0.15, -0.1) is 0 Å². The molecule has 2 bridgehead atoms. The Morgan fingerprint density at radius 2 is 1.64 bits per heavy atom. The van der Waals surface area contributed by atoms with Crippen molar-refractivity contribution in [2.45, 2.75) is 190 Å².